The van der Waals surface area contributed by atoms with Crippen molar-refractivity contribution in [2.75, 3.05) is 40.5 Å². The number of amides is 1. The molecule has 4 rings (SSSR count). The Bertz CT molecular complexity index is 991. The fourth-order valence-corrected chi connectivity index (χ4v) is 3.99. The first-order valence-electron chi connectivity index (χ1n) is 9.84. The lowest BCUT2D eigenvalue weighted by Crippen LogP contribution is -2.41. The van der Waals surface area contributed by atoms with Crippen molar-refractivity contribution in [3.63, 3.8) is 0 Å². The summed E-state index contributed by atoms with van der Waals surface area (Å²) in [6, 6.07) is 13.9. The smallest absolute Gasteiger partial charge is 0.223 e. The van der Waals surface area contributed by atoms with Crippen molar-refractivity contribution in [1.82, 2.24) is 9.88 Å². The van der Waals surface area contributed by atoms with Crippen LogP contribution in [-0.4, -0.2) is 56.3 Å². The van der Waals surface area contributed by atoms with Gasteiger partial charge in [-0.25, -0.2) is 0 Å². The fourth-order valence-electron chi connectivity index (χ4n) is 3.99. The van der Waals surface area contributed by atoms with Crippen LogP contribution in [0.1, 0.15) is 23.5 Å². The number of carbonyl (C=O) groups is 1. The SMILES string of the molecule is COc1ccc(C(CC(=O)N2CCOCC2)c2c[nH]c3ccccc23)c(OC)c1. The molecule has 0 bridgehead atoms. The van der Waals surface area contributed by atoms with E-state index in [9.17, 15) is 4.79 Å². The van der Waals surface area contributed by atoms with E-state index in [-0.39, 0.29) is 11.8 Å². The molecule has 29 heavy (non-hydrogen) atoms. The van der Waals surface area contributed by atoms with Gasteiger partial charge in [0, 0.05) is 54.2 Å². The van der Waals surface area contributed by atoms with Gasteiger partial charge in [-0.1, -0.05) is 24.3 Å². The Balaban J connectivity index is 1.76. The molecule has 152 valence electrons. The number of benzene rings is 2. The van der Waals surface area contributed by atoms with Crippen LogP contribution < -0.4 is 9.47 Å². The zero-order valence-electron chi connectivity index (χ0n) is 16.8. The average Bonchev–Trinajstić information content (AvgIpc) is 3.21. The van der Waals surface area contributed by atoms with E-state index in [4.69, 9.17) is 14.2 Å². The second-order valence-corrected chi connectivity index (χ2v) is 7.15. The molecule has 1 aromatic heterocycles. The van der Waals surface area contributed by atoms with Crippen LogP contribution in [0, 0.1) is 0 Å². The summed E-state index contributed by atoms with van der Waals surface area (Å²) in [5, 5.41) is 1.12. The number of hydrogen-bond donors (Lipinski definition) is 1. The van der Waals surface area contributed by atoms with E-state index in [0.29, 0.717) is 32.7 Å². The van der Waals surface area contributed by atoms with E-state index < -0.39 is 0 Å². The molecule has 6 nitrogen and oxygen atoms in total. The second kappa shape index (κ2) is 8.57. The number of aromatic nitrogens is 1. The third-order valence-corrected chi connectivity index (χ3v) is 5.56. The highest BCUT2D eigenvalue weighted by Gasteiger charge is 2.27. The lowest BCUT2D eigenvalue weighted by Gasteiger charge is -2.29. The van der Waals surface area contributed by atoms with Gasteiger partial charge >= 0.3 is 0 Å². The Labute approximate surface area is 170 Å². The molecule has 1 amide bonds. The highest BCUT2D eigenvalue weighted by atomic mass is 16.5. The molecule has 2 aromatic carbocycles. The summed E-state index contributed by atoms with van der Waals surface area (Å²) in [4.78, 5) is 18.4. The summed E-state index contributed by atoms with van der Waals surface area (Å²) in [7, 11) is 3.28. The molecule has 0 spiro atoms. The zero-order valence-corrected chi connectivity index (χ0v) is 16.8. The molecule has 6 heteroatoms. The minimum absolute atomic E-state index is 0.126. The third-order valence-electron chi connectivity index (χ3n) is 5.56. The Morgan fingerprint density at radius 3 is 2.66 bits per heavy atom. The maximum atomic E-state index is 13.1. The monoisotopic (exact) mass is 394 g/mol. The summed E-state index contributed by atoms with van der Waals surface area (Å²) in [5.74, 6) is 1.43. The molecule has 0 aliphatic carbocycles. The molecule has 1 N–H and O–H groups in total. The van der Waals surface area contributed by atoms with Gasteiger partial charge in [0.1, 0.15) is 11.5 Å². The predicted octanol–water partition coefficient (Wildman–Crippen LogP) is 3.57. The van der Waals surface area contributed by atoms with Crippen molar-refractivity contribution in [3.8, 4) is 11.5 Å². The Kier molecular flexibility index (Phi) is 5.71. The van der Waals surface area contributed by atoms with Gasteiger partial charge in [0.05, 0.1) is 27.4 Å². The van der Waals surface area contributed by atoms with Gasteiger partial charge < -0.3 is 24.1 Å². The first-order chi connectivity index (χ1) is 14.2. The number of rotatable bonds is 6. The van der Waals surface area contributed by atoms with Crippen LogP contribution in [0.15, 0.2) is 48.7 Å². The molecule has 1 aliphatic heterocycles. The molecule has 2 heterocycles. The molecular formula is C23H26N2O4. The molecule has 3 aromatic rings. The van der Waals surface area contributed by atoms with Crippen LogP contribution in [0.25, 0.3) is 10.9 Å². The van der Waals surface area contributed by atoms with Crippen molar-refractivity contribution in [3.05, 3.63) is 59.8 Å². The zero-order chi connectivity index (χ0) is 20.2. The maximum absolute atomic E-state index is 13.1. The topological polar surface area (TPSA) is 63.8 Å². The number of morpholine rings is 1. The van der Waals surface area contributed by atoms with Crippen molar-refractivity contribution in [2.45, 2.75) is 12.3 Å². The lowest BCUT2D eigenvalue weighted by atomic mass is 9.87. The predicted molar refractivity (Wildman–Crippen MR) is 112 cm³/mol. The Morgan fingerprint density at radius 1 is 1.10 bits per heavy atom. The molecule has 1 unspecified atom stereocenters. The van der Waals surface area contributed by atoms with Gasteiger partial charge in [-0.05, 0) is 17.7 Å². The van der Waals surface area contributed by atoms with Crippen molar-refractivity contribution < 1.29 is 19.0 Å². The first kappa shape index (κ1) is 19.3. The van der Waals surface area contributed by atoms with E-state index in [1.165, 1.54) is 0 Å². The highest BCUT2D eigenvalue weighted by Crippen LogP contribution is 2.39. The molecule has 1 atom stereocenters. The number of aromatic amines is 1. The van der Waals surface area contributed by atoms with Crippen molar-refractivity contribution >= 4 is 16.8 Å². The number of hydrogen-bond acceptors (Lipinski definition) is 4. The van der Waals surface area contributed by atoms with Crippen LogP contribution >= 0.6 is 0 Å². The van der Waals surface area contributed by atoms with Gasteiger partial charge in [0.2, 0.25) is 5.91 Å². The number of para-hydroxylation sites is 1. The van der Waals surface area contributed by atoms with Gasteiger partial charge in [0.15, 0.2) is 0 Å². The summed E-state index contributed by atoms with van der Waals surface area (Å²) < 4.78 is 16.4. The van der Waals surface area contributed by atoms with Crippen molar-refractivity contribution in [1.29, 1.82) is 0 Å². The van der Waals surface area contributed by atoms with Crippen LogP contribution in [0.2, 0.25) is 0 Å². The lowest BCUT2D eigenvalue weighted by molar-refractivity contribution is -0.135. The molecular weight excluding hydrogens is 368 g/mol. The van der Waals surface area contributed by atoms with Gasteiger partial charge in [-0.15, -0.1) is 0 Å². The summed E-state index contributed by atoms with van der Waals surface area (Å²) in [5.41, 5.74) is 3.11. The number of H-pyrrole nitrogens is 1. The minimum Gasteiger partial charge on any atom is -0.497 e. The van der Waals surface area contributed by atoms with Crippen LogP contribution in [0.5, 0.6) is 11.5 Å². The van der Waals surface area contributed by atoms with Gasteiger partial charge in [0.25, 0.3) is 0 Å². The molecule has 1 fully saturated rings. The summed E-state index contributed by atoms with van der Waals surface area (Å²) >= 11 is 0. The number of nitrogens with zero attached hydrogens (tertiary/aromatic N) is 1. The quantitative estimate of drug-likeness (QED) is 0.694. The van der Waals surface area contributed by atoms with Crippen molar-refractivity contribution in [2.24, 2.45) is 0 Å². The Hall–Kier alpha value is -2.99. The van der Waals surface area contributed by atoms with Gasteiger partial charge in [-0.2, -0.15) is 0 Å². The van der Waals surface area contributed by atoms with Crippen LogP contribution in [0.3, 0.4) is 0 Å². The molecule has 0 radical (unpaired) electrons. The number of nitrogens with one attached hydrogen (secondary N) is 1. The fraction of sp³-hybridized carbons (Fsp3) is 0.348. The summed E-state index contributed by atoms with van der Waals surface area (Å²) in [6.07, 6.45) is 2.37. The van der Waals surface area contributed by atoms with E-state index in [2.05, 4.69) is 11.1 Å². The maximum Gasteiger partial charge on any atom is 0.223 e. The largest absolute Gasteiger partial charge is 0.497 e. The minimum atomic E-state index is -0.137. The van der Waals surface area contributed by atoms with Crippen LogP contribution in [0.4, 0.5) is 0 Å². The van der Waals surface area contributed by atoms with E-state index in [1.807, 2.05) is 47.5 Å². The summed E-state index contributed by atoms with van der Waals surface area (Å²) in [6.45, 7) is 2.46. The van der Waals surface area contributed by atoms with Gasteiger partial charge in [-0.3, -0.25) is 4.79 Å². The second-order valence-electron chi connectivity index (χ2n) is 7.15. The first-order valence-corrected chi connectivity index (χ1v) is 9.84. The molecule has 1 aliphatic rings. The Morgan fingerprint density at radius 2 is 1.90 bits per heavy atom. The van der Waals surface area contributed by atoms with Crippen LogP contribution in [-0.2, 0) is 9.53 Å². The van der Waals surface area contributed by atoms with E-state index in [0.717, 1.165) is 33.5 Å². The number of fused-ring (bicyclic) bond motifs is 1. The highest BCUT2D eigenvalue weighted by molar-refractivity contribution is 5.86. The van der Waals surface area contributed by atoms with E-state index in [1.54, 1.807) is 14.2 Å². The normalized spacial score (nSPS) is 15.3. The standard InChI is InChI=1S/C23H26N2O4/c1-27-16-7-8-18(22(13-16)28-2)19(14-23(26)25-9-11-29-12-10-25)20-15-24-21-6-4-3-5-17(20)21/h3-8,13,15,19,24H,9-12,14H2,1-2H3. The molecule has 1 saturated heterocycles. The average molecular weight is 394 g/mol. The third kappa shape index (κ3) is 3.93. The van der Waals surface area contributed by atoms with E-state index >= 15 is 0 Å². The number of methoxy groups -OCH3 is 2. The number of ether oxygens (including phenoxy) is 3. The number of carbonyl (C=O) groups excluding carboxylic acids is 1. The molecule has 0 saturated carbocycles.